The Morgan fingerprint density at radius 1 is 0.345 bits per heavy atom. The van der Waals surface area contributed by atoms with Crippen molar-refractivity contribution in [3.63, 3.8) is 0 Å². The number of rotatable bonds is 2. The number of benzene rings is 6. The van der Waals surface area contributed by atoms with E-state index in [1.807, 2.05) is 0 Å². The van der Waals surface area contributed by atoms with Gasteiger partial charge in [-0.25, -0.2) is 0 Å². The summed E-state index contributed by atoms with van der Waals surface area (Å²) in [7, 11) is 0.627. The minimum absolute atomic E-state index is 0.627. The summed E-state index contributed by atoms with van der Waals surface area (Å²) in [4.78, 5) is 0. The van der Waals surface area contributed by atoms with Crippen LogP contribution in [0, 0.1) is 0 Å². The van der Waals surface area contributed by atoms with Crippen LogP contribution in [0.4, 0.5) is 0 Å². The lowest BCUT2D eigenvalue weighted by Crippen LogP contribution is -2.05. The van der Waals surface area contributed by atoms with Crippen LogP contribution in [0.3, 0.4) is 0 Å². The molecule has 0 aliphatic heterocycles. The van der Waals surface area contributed by atoms with Crippen LogP contribution in [0.15, 0.2) is 109 Å². The maximum atomic E-state index is 2.35. The van der Waals surface area contributed by atoms with E-state index in [-0.39, 0.29) is 0 Å². The van der Waals surface area contributed by atoms with Crippen molar-refractivity contribution in [2.24, 2.45) is 0 Å². The average molecular weight is 386 g/mol. The summed E-state index contributed by atoms with van der Waals surface area (Å²) in [5, 5.41) is 13.4. The molecule has 0 amide bonds. The molecule has 0 spiro atoms. The molecule has 0 aliphatic rings. The second kappa shape index (κ2) is 6.69. The first kappa shape index (κ1) is 16.7. The fraction of sp³-hybridized carbons (Fsp3) is 0. The van der Waals surface area contributed by atoms with E-state index in [9.17, 15) is 0 Å². The standard InChI is InChI=1S/C28H19P/c1-3-9-21-17-25-23(15-19(21)7-1)11-5-13-27(25)29-28-14-6-12-24-16-20-8-2-4-10-22(20)18-26(24)28/h1-18,29H. The van der Waals surface area contributed by atoms with Gasteiger partial charge in [0, 0.05) is 0 Å². The van der Waals surface area contributed by atoms with Gasteiger partial charge in [0.05, 0.1) is 0 Å². The van der Waals surface area contributed by atoms with Crippen LogP contribution in [0.5, 0.6) is 0 Å². The van der Waals surface area contributed by atoms with Gasteiger partial charge in [-0.3, -0.25) is 0 Å². The van der Waals surface area contributed by atoms with Crippen molar-refractivity contribution in [1.82, 2.24) is 0 Å². The highest BCUT2D eigenvalue weighted by Gasteiger charge is 2.08. The molecule has 6 rings (SSSR count). The van der Waals surface area contributed by atoms with E-state index in [0.717, 1.165) is 0 Å². The third kappa shape index (κ3) is 2.89. The molecule has 0 fully saturated rings. The monoisotopic (exact) mass is 386 g/mol. The van der Waals surface area contributed by atoms with Crippen molar-refractivity contribution in [3.05, 3.63) is 109 Å². The van der Waals surface area contributed by atoms with Gasteiger partial charge in [-0.15, -0.1) is 0 Å². The summed E-state index contributed by atoms with van der Waals surface area (Å²) in [6.45, 7) is 0. The second-order valence-electron chi connectivity index (χ2n) is 7.58. The predicted molar refractivity (Wildman–Crippen MR) is 130 cm³/mol. The number of hydrogen-bond acceptors (Lipinski definition) is 0. The summed E-state index contributed by atoms with van der Waals surface area (Å²) in [5.74, 6) is 0. The van der Waals surface area contributed by atoms with Gasteiger partial charge in [-0.1, -0.05) is 93.5 Å². The summed E-state index contributed by atoms with van der Waals surface area (Å²) >= 11 is 0. The maximum Gasteiger partial charge on any atom is -0.00999 e. The minimum atomic E-state index is 0.627. The first-order valence-electron chi connectivity index (χ1n) is 9.95. The molecule has 0 heterocycles. The highest BCUT2D eigenvalue weighted by Crippen LogP contribution is 2.28. The first-order valence-corrected chi connectivity index (χ1v) is 11.0. The molecule has 6 aromatic carbocycles. The van der Waals surface area contributed by atoms with Crippen LogP contribution in [-0.2, 0) is 0 Å². The van der Waals surface area contributed by atoms with E-state index in [0.29, 0.717) is 8.58 Å². The fourth-order valence-corrected chi connectivity index (χ4v) is 5.65. The fourth-order valence-electron chi connectivity index (χ4n) is 4.30. The highest BCUT2D eigenvalue weighted by molar-refractivity contribution is 7.56. The summed E-state index contributed by atoms with van der Waals surface area (Å²) < 4.78 is 0. The van der Waals surface area contributed by atoms with Crippen LogP contribution in [0.2, 0.25) is 0 Å². The molecule has 29 heavy (non-hydrogen) atoms. The quantitative estimate of drug-likeness (QED) is 0.224. The van der Waals surface area contributed by atoms with Gasteiger partial charge in [0.2, 0.25) is 0 Å². The van der Waals surface area contributed by atoms with Crippen molar-refractivity contribution < 1.29 is 0 Å². The van der Waals surface area contributed by atoms with E-state index < -0.39 is 0 Å². The smallest absolute Gasteiger partial charge is 0.00999 e. The molecule has 0 aromatic heterocycles. The molecule has 0 aliphatic carbocycles. The van der Waals surface area contributed by atoms with Gasteiger partial charge in [-0.2, -0.15) is 0 Å². The van der Waals surface area contributed by atoms with Crippen molar-refractivity contribution in [3.8, 4) is 0 Å². The second-order valence-corrected chi connectivity index (χ2v) is 8.90. The molecule has 0 atom stereocenters. The largest absolute Gasteiger partial charge is 0.0616 e. The lowest BCUT2D eigenvalue weighted by Gasteiger charge is -2.12. The zero-order chi connectivity index (χ0) is 19.2. The van der Waals surface area contributed by atoms with E-state index in [1.165, 1.54) is 53.7 Å². The normalized spacial score (nSPS) is 11.6. The topological polar surface area (TPSA) is 0 Å². The van der Waals surface area contributed by atoms with Gasteiger partial charge in [0.15, 0.2) is 0 Å². The summed E-state index contributed by atoms with van der Waals surface area (Å²) in [6, 6.07) is 40.0. The van der Waals surface area contributed by atoms with Gasteiger partial charge >= 0.3 is 0 Å². The zero-order valence-corrected chi connectivity index (χ0v) is 16.9. The van der Waals surface area contributed by atoms with Crippen molar-refractivity contribution in [1.29, 1.82) is 0 Å². The molecule has 0 N–H and O–H groups in total. The van der Waals surface area contributed by atoms with Crippen molar-refractivity contribution >= 4 is 62.3 Å². The number of fused-ring (bicyclic) bond motifs is 4. The lowest BCUT2D eigenvalue weighted by atomic mass is 10.0. The van der Waals surface area contributed by atoms with Crippen molar-refractivity contribution in [2.45, 2.75) is 0 Å². The Hall–Kier alpha value is -3.21. The zero-order valence-electron chi connectivity index (χ0n) is 15.9. The Balaban J connectivity index is 1.55. The summed E-state index contributed by atoms with van der Waals surface area (Å²) in [5.41, 5.74) is 0. The van der Waals surface area contributed by atoms with E-state index in [2.05, 4.69) is 109 Å². The molecule has 0 saturated carbocycles. The van der Waals surface area contributed by atoms with E-state index in [1.54, 1.807) is 0 Å². The third-order valence-electron chi connectivity index (χ3n) is 5.76. The molecule has 6 aromatic rings. The third-order valence-corrected chi connectivity index (χ3v) is 7.17. The van der Waals surface area contributed by atoms with E-state index >= 15 is 0 Å². The molecule has 1 heteroatoms. The molecule has 0 bridgehead atoms. The molecule has 136 valence electrons. The molecule has 0 radical (unpaired) electrons. The number of hydrogen-bond donors (Lipinski definition) is 0. The van der Waals surface area contributed by atoms with Gasteiger partial charge < -0.3 is 0 Å². The molecule has 0 nitrogen and oxygen atoms in total. The minimum Gasteiger partial charge on any atom is -0.0616 e. The molecule has 0 saturated heterocycles. The van der Waals surface area contributed by atoms with Crippen LogP contribution in [0.25, 0.3) is 43.1 Å². The van der Waals surface area contributed by atoms with E-state index in [4.69, 9.17) is 0 Å². The first-order chi connectivity index (χ1) is 14.3. The van der Waals surface area contributed by atoms with Crippen molar-refractivity contribution in [2.75, 3.05) is 0 Å². The van der Waals surface area contributed by atoms with Crippen LogP contribution in [-0.4, -0.2) is 0 Å². The Morgan fingerprint density at radius 2 is 0.724 bits per heavy atom. The lowest BCUT2D eigenvalue weighted by molar-refractivity contribution is 1.78. The maximum absolute atomic E-state index is 2.35. The Bertz CT molecular complexity index is 1410. The van der Waals surface area contributed by atoms with Gasteiger partial charge in [-0.05, 0) is 78.0 Å². The molecular weight excluding hydrogens is 367 g/mol. The highest BCUT2D eigenvalue weighted by atomic mass is 31.1. The molecule has 0 unspecified atom stereocenters. The predicted octanol–water partition coefficient (Wildman–Crippen LogP) is 6.93. The Kier molecular flexibility index (Phi) is 3.86. The van der Waals surface area contributed by atoms with Gasteiger partial charge in [0.1, 0.15) is 0 Å². The van der Waals surface area contributed by atoms with Gasteiger partial charge in [0.25, 0.3) is 0 Å². The Morgan fingerprint density at radius 3 is 1.17 bits per heavy atom. The van der Waals surface area contributed by atoms with Crippen LogP contribution >= 0.6 is 8.58 Å². The SMILES string of the molecule is c1ccc2cc3c(Pc4cccc5cc6ccccc6cc45)cccc3cc2c1. The van der Waals surface area contributed by atoms with Crippen LogP contribution in [0.1, 0.15) is 0 Å². The molecular formula is C28H19P. The Labute approximate surface area is 171 Å². The van der Waals surface area contributed by atoms with Crippen LogP contribution < -0.4 is 10.6 Å². The summed E-state index contributed by atoms with van der Waals surface area (Å²) in [6.07, 6.45) is 0. The average Bonchev–Trinajstić information content (AvgIpc) is 2.77.